The van der Waals surface area contributed by atoms with Gasteiger partial charge in [-0.3, -0.25) is 4.79 Å². The van der Waals surface area contributed by atoms with Crippen molar-refractivity contribution in [2.24, 2.45) is 5.92 Å². The summed E-state index contributed by atoms with van der Waals surface area (Å²) < 4.78 is 0.817. The van der Waals surface area contributed by atoms with Crippen molar-refractivity contribution in [3.63, 3.8) is 0 Å². The first-order valence-electron chi connectivity index (χ1n) is 5.81. The first-order chi connectivity index (χ1) is 8.06. The van der Waals surface area contributed by atoms with Gasteiger partial charge in [-0.15, -0.1) is 0 Å². The van der Waals surface area contributed by atoms with Crippen molar-refractivity contribution in [2.45, 2.75) is 26.7 Å². The van der Waals surface area contributed by atoms with Crippen molar-refractivity contribution in [1.82, 2.24) is 5.32 Å². The van der Waals surface area contributed by atoms with Crippen LogP contribution in [-0.2, 0) is 0 Å². The third-order valence-corrected chi connectivity index (χ3v) is 3.51. The van der Waals surface area contributed by atoms with Gasteiger partial charge in [-0.05, 0) is 24.1 Å². The summed E-state index contributed by atoms with van der Waals surface area (Å²) in [6.07, 6.45) is 2.16. The molecule has 0 aromatic heterocycles. The van der Waals surface area contributed by atoms with Crippen LogP contribution in [0.4, 0.5) is 0 Å². The second-order valence-corrected chi connectivity index (χ2v) is 5.40. The number of halogens is 2. The minimum absolute atomic E-state index is 0.0694. The maximum absolute atomic E-state index is 11.9. The smallest absolute Gasteiger partial charge is 0.251 e. The van der Waals surface area contributed by atoms with Crippen molar-refractivity contribution in [1.29, 1.82) is 0 Å². The molecular weight excluding hydrogens is 302 g/mol. The summed E-state index contributed by atoms with van der Waals surface area (Å²) >= 11 is 9.23. The molecule has 0 fully saturated rings. The highest BCUT2D eigenvalue weighted by Crippen LogP contribution is 2.19. The molecule has 0 heterocycles. The standard InChI is InChI=1S/C13H17BrClNO/c1-3-9(4-2)8-16-13(17)10-5-11(14)7-12(15)6-10/h5-7,9H,3-4,8H2,1-2H3,(H,16,17). The molecule has 1 N–H and O–H groups in total. The predicted molar refractivity (Wildman–Crippen MR) is 75.6 cm³/mol. The average Bonchev–Trinajstić information content (AvgIpc) is 2.28. The van der Waals surface area contributed by atoms with Gasteiger partial charge in [0.15, 0.2) is 0 Å². The normalized spacial score (nSPS) is 10.6. The molecule has 0 aliphatic rings. The highest BCUT2D eigenvalue weighted by Gasteiger charge is 2.09. The molecular formula is C13H17BrClNO. The fourth-order valence-corrected chi connectivity index (χ4v) is 2.46. The monoisotopic (exact) mass is 317 g/mol. The van der Waals surface area contributed by atoms with Crippen molar-refractivity contribution in [3.05, 3.63) is 33.3 Å². The van der Waals surface area contributed by atoms with Crippen LogP contribution in [0.15, 0.2) is 22.7 Å². The van der Waals surface area contributed by atoms with E-state index in [-0.39, 0.29) is 5.91 Å². The van der Waals surface area contributed by atoms with Gasteiger partial charge in [0.05, 0.1) is 0 Å². The second-order valence-electron chi connectivity index (χ2n) is 4.05. The van der Waals surface area contributed by atoms with E-state index in [2.05, 4.69) is 35.1 Å². The van der Waals surface area contributed by atoms with Gasteiger partial charge in [-0.25, -0.2) is 0 Å². The molecule has 0 saturated heterocycles. The maximum atomic E-state index is 11.9. The maximum Gasteiger partial charge on any atom is 0.251 e. The fraction of sp³-hybridized carbons (Fsp3) is 0.462. The Bertz CT molecular complexity index is 371. The lowest BCUT2D eigenvalue weighted by atomic mass is 10.0. The molecule has 2 nitrogen and oxygen atoms in total. The van der Waals surface area contributed by atoms with E-state index in [1.807, 2.05) is 0 Å². The molecule has 0 aliphatic carbocycles. The zero-order valence-corrected chi connectivity index (χ0v) is 12.4. The summed E-state index contributed by atoms with van der Waals surface area (Å²) in [6, 6.07) is 5.21. The summed E-state index contributed by atoms with van der Waals surface area (Å²) in [5.74, 6) is 0.474. The molecule has 0 aliphatic heterocycles. The van der Waals surface area contributed by atoms with Crippen LogP contribution in [0.25, 0.3) is 0 Å². The fourth-order valence-electron chi connectivity index (χ4n) is 1.60. The molecule has 1 amide bonds. The number of hydrogen-bond acceptors (Lipinski definition) is 1. The van der Waals surface area contributed by atoms with Crippen LogP contribution >= 0.6 is 27.5 Å². The number of carbonyl (C=O) groups is 1. The molecule has 17 heavy (non-hydrogen) atoms. The zero-order valence-electron chi connectivity index (χ0n) is 10.1. The first-order valence-corrected chi connectivity index (χ1v) is 6.98. The molecule has 0 saturated carbocycles. The minimum atomic E-state index is -0.0694. The topological polar surface area (TPSA) is 29.1 Å². The van der Waals surface area contributed by atoms with E-state index < -0.39 is 0 Å². The molecule has 94 valence electrons. The number of benzene rings is 1. The van der Waals surface area contributed by atoms with Crippen LogP contribution in [0.2, 0.25) is 5.02 Å². The Hall–Kier alpha value is -0.540. The van der Waals surface area contributed by atoms with Crippen molar-refractivity contribution in [2.75, 3.05) is 6.54 Å². The number of amides is 1. The van der Waals surface area contributed by atoms with E-state index in [1.165, 1.54) is 0 Å². The van der Waals surface area contributed by atoms with Crippen LogP contribution in [0.3, 0.4) is 0 Å². The van der Waals surface area contributed by atoms with Gasteiger partial charge in [0.2, 0.25) is 0 Å². The molecule has 1 aromatic rings. The van der Waals surface area contributed by atoms with E-state index in [0.717, 1.165) is 23.9 Å². The molecule has 0 radical (unpaired) electrons. The summed E-state index contributed by atoms with van der Waals surface area (Å²) in [4.78, 5) is 11.9. The number of nitrogens with one attached hydrogen (secondary N) is 1. The molecule has 1 rings (SSSR count). The van der Waals surface area contributed by atoms with E-state index in [9.17, 15) is 4.79 Å². The van der Waals surface area contributed by atoms with Gasteiger partial charge in [0.25, 0.3) is 5.91 Å². The van der Waals surface area contributed by atoms with E-state index in [1.54, 1.807) is 18.2 Å². The highest BCUT2D eigenvalue weighted by molar-refractivity contribution is 9.10. The lowest BCUT2D eigenvalue weighted by Gasteiger charge is -2.13. The lowest BCUT2D eigenvalue weighted by Crippen LogP contribution is -2.28. The van der Waals surface area contributed by atoms with Crippen LogP contribution in [0.1, 0.15) is 37.0 Å². The highest BCUT2D eigenvalue weighted by atomic mass is 79.9. The van der Waals surface area contributed by atoms with E-state index >= 15 is 0 Å². The second kappa shape index (κ2) is 7.02. The summed E-state index contributed by atoms with van der Waals surface area (Å²) in [5.41, 5.74) is 0.593. The molecule has 0 bridgehead atoms. The molecule has 4 heteroatoms. The SMILES string of the molecule is CCC(CC)CNC(=O)c1cc(Cl)cc(Br)c1. The zero-order chi connectivity index (χ0) is 12.8. The molecule has 0 spiro atoms. The largest absolute Gasteiger partial charge is 0.352 e. The predicted octanol–water partition coefficient (Wildman–Crippen LogP) is 4.27. The van der Waals surface area contributed by atoms with Gasteiger partial charge < -0.3 is 5.32 Å². The van der Waals surface area contributed by atoms with E-state index in [4.69, 9.17) is 11.6 Å². The Kier molecular flexibility index (Phi) is 6.00. The van der Waals surface area contributed by atoms with Gasteiger partial charge in [-0.2, -0.15) is 0 Å². The quantitative estimate of drug-likeness (QED) is 0.863. The summed E-state index contributed by atoms with van der Waals surface area (Å²) in [6.45, 7) is 4.99. The Labute approximate surface area is 116 Å². The molecule has 0 unspecified atom stereocenters. The van der Waals surface area contributed by atoms with Crippen molar-refractivity contribution in [3.8, 4) is 0 Å². The number of rotatable bonds is 5. The van der Waals surface area contributed by atoms with E-state index in [0.29, 0.717) is 16.5 Å². The first kappa shape index (κ1) is 14.5. The van der Waals surface area contributed by atoms with Crippen LogP contribution < -0.4 is 5.32 Å². The molecule has 1 aromatic carbocycles. The van der Waals surface area contributed by atoms with Crippen LogP contribution in [0.5, 0.6) is 0 Å². The van der Waals surface area contributed by atoms with Crippen LogP contribution in [-0.4, -0.2) is 12.5 Å². The third kappa shape index (κ3) is 4.68. The lowest BCUT2D eigenvalue weighted by molar-refractivity contribution is 0.0946. The summed E-state index contributed by atoms with van der Waals surface area (Å²) in [7, 11) is 0. The Balaban J connectivity index is 2.63. The minimum Gasteiger partial charge on any atom is -0.352 e. The van der Waals surface area contributed by atoms with Crippen LogP contribution in [0, 0.1) is 5.92 Å². The summed E-state index contributed by atoms with van der Waals surface area (Å²) in [5, 5.41) is 3.50. The van der Waals surface area contributed by atoms with Gasteiger partial charge in [0.1, 0.15) is 0 Å². The van der Waals surface area contributed by atoms with Crippen molar-refractivity contribution < 1.29 is 4.79 Å². The average molecular weight is 319 g/mol. The van der Waals surface area contributed by atoms with Gasteiger partial charge in [-0.1, -0.05) is 54.2 Å². The third-order valence-electron chi connectivity index (χ3n) is 2.83. The number of carbonyl (C=O) groups excluding carboxylic acids is 1. The Morgan fingerprint density at radius 3 is 2.53 bits per heavy atom. The van der Waals surface area contributed by atoms with Gasteiger partial charge >= 0.3 is 0 Å². The Morgan fingerprint density at radius 1 is 1.35 bits per heavy atom. The van der Waals surface area contributed by atoms with Gasteiger partial charge in [0, 0.05) is 21.6 Å². The Morgan fingerprint density at radius 2 is 2.00 bits per heavy atom. The van der Waals surface area contributed by atoms with Crippen molar-refractivity contribution >= 4 is 33.4 Å². The number of hydrogen-bond donors (Lipinski definition) is 1. The molecule has 0 atom stereocenters.